The second-order valence-electron chi connectivity index (χ2n) is 8.42. The molecule has 1 saturated heterocycles. The summed E-state index contributed by atoms with van der Waals surface area (Å²) in [6.45, 7) is 7.04. The first kappa shape index (κ1) is 18.7. The fourth-order valence-electron chi connectivity index (χ4n) is 4.21. The lowest BCUT2D eigenvalue weighted by Gasteiger charge is -2.33. The minimum Gasteiger partial charge on any atom is -0.464 e. The van der Waals surface area contributed by atoms with Gasteiger partial charge in [-0.1, -0.05) is 37.3 Å². The van der Waals surface area contributed by atoms with Crippen molar-refractivity contribution in [3.05, 3.63) is 59.5 Å². The maximum absolute atomic E-state index is 10.4. The molecule has 4 nitrogen and oxygen atoms in total. The summed E-state index contributed by atoms with van der Waals surface area (Å²) in [6, 6.07) is 14.3. The van der Waals surface area contributed by atoms with E-state index in [0.29, 0.717) is 11.8 Å². The average molecular weight is 369 g/mol. The summed E-state index contributed by atoms with van der Waals surface area (Å²) >= 11 is 0. The zero-order chi connectivity index (χ0) is 18.6. The van der Waals surface area contributed by atoms with Gasteiger partial charge in [-0.05, 0) is 68.4 Å². The topological polar surface area (TPSA) is 48.6 Å². The molecule has 1 aromatic carbocycles. The van der Waals surface area contributed by atoms with E-state index in [-0.39, 0.29) is 6.10 Å². The molecule has 146 valence electrons. The third-order valence-electron chi connectivity index (χ3n) is 6.21. The molecule has 0 spiro atoms. The largest absolute Gasteiger partial charge is 0.464 e. The van der Waals surface area contributed by atoms with E-state index in [2.05, 4.69) is 29.3 Å². The molecule has 1 saturated carbocycles. The normalized spacial score (nSPS) is 24.8. The molecule has 2 heterocycles. The van der Waals surface area contributed by atoms with Crippen molar-refractivity contribution in [3.8, 4) is 0 Å². The third kappa shape index (κ3) is 5.01. The number of β-amino-alcohol motifs (C(OH)–C–C–N with tert-alkyl or cyclic N) is 1. The molecule has 4 heteroatoms. The van der Waals surface area contributed by atoms with Gasteiger partial charge in [0.2, 0.25) is 0 Å². The minimum absolute atomic E-state index is 0.386. The molecule has 3 unspecified atom stereocenters. The molecular formula is C23H32N2O2. The first-order chi connectivity index (χ1) is 13.2. The van der Waals surface area contributed by atoms with E-state index in [1.165, 1.54) is 25.0 Å². The number of piperidine rings is 1. The van der Waals surface area contributed by atoms with Crippen molar-refractivity contribution in [3.63, 3.8) is 0 Å². The first-order valence-corrected chi connectivity index (χ1v) is 10.4. The summed E-state index contributed by atoms with van der Waals surface area (Å²) < 4.78 is 5.97. The maximum Gasteiger partial charge on any atom is 0.117 e. The summed E-state index contributed by atoms with van der Waals surface area (Å²) in [5.41, 5.74) is 1.01. The molecule has 1 aliphatic carbocycles. The molecule has 0 bridgehead atoms. The van der Waals surface area contributed by atoms with Crippen molar-refractivity contribution in [2.24, 2.45) is 11.8 Å². The molecular weight excluding hydrogens is 336 g/mol. The van der Waals surface area contributed by atoms with Crippen molar-refractivity contribution >= 4 is 0 Å². The van der Waals surface area contributed by atoms with Gasteiger partial charge >= 0.3 is 0 Å². The molecule has 1 aromatic heterocycles. The van der Waals surface area contributed by atoms with Gasteiger partial charge in [-0.2, -0.15) is 0 Å². The Morgan fingerprint density at radius 1 is 1.15 bits per heavy atom. The van der Waals surface area contributed by atoms with E-state index in [0.717, 1.165) is 50.0 Å². The number of hydrogen-bond donors (Lipinski definition) is 2. The van der Waals surface area contributed by atoms with Gasteiger partial charge < -0.3 is 19.7 Å². The van der Waals surface area contributed by atoms with Crippen LogP contribution in [0.25, 0.3) is 0 Å². The summed E-state index contributed by atoms with van der Waals surface area (Å²) in [7, 11) is 0. The molecule has 2 aromatic rings. The highest BCUT2D eigenvalue weighted by atomic mass is 16.3. The number of likely N-dealkylation sites (tertiary alicyclic amines) is 1. The van der Waals surface area contributed by atoms with Crippen LogP contribution in [-0.2, 0) is 6.54 Å². The Bertz CT molecular complexity index is 706. The number of nitrogens with one attached hydrogen (secondary N) is 1. The molecule has 2 aliphatic rings. The third-order valence-corrected chi connectivity index (χ3v) is 6.21. The van der Waals surface area contributed by atoms with Crippen molar-refractivity contribution in [1.82, 2.24) is 10.2 Å². The van der Waals surface area contributed by atoms with Crippen molar-refractivity contribution < 1.29 is 9.52 Å². The Kier molecular flexibility index (Phi) is 5.96. The summed E-state index contributed by atoms with van der Waals surface area (Å²) in [5, 5.41) is 14.0. The molecule has 0 radical (unpaired) electrons. The number of nitrogens with zero attached hydrogens (tertiary/aromatic N) is 1. The zero-order valence-electron chi connectivity index (χ0n) is 16.3. The summed E-state index contributed by atoms with van der Waals surface area (Å²) in [4.78, 5) is 2.39. The molecule has 27 heavy (non-hydrogen) atoms. The standard InChI is InChI=1S/C23H32N2O2/c1-17-13-21(17)23-8-7-20(27-23)15-24-14-18-9-11-25(12-10-18)16-22(26)19-5-3-2-4-6-19/h2-8,17-18,21-22,24,26H,9-16H2,1H3. The molecule has 1 aliphatic heterocycles. The fraction of sp³-hybridized carbons (Fsp3) is 0.565. The van der Waals surface area contributed by atoms with E-state index in [1.807, 2.05) is 30.3 Å². The van der Waals surface area contributed by atoms with E-state index in [9.17, 15) is 5.11 Å². The van der Waals surface area contributed by atoms with Crippen molar-refractivity contribution in [1.29, 1.82) is 0 Å². The van der Waals surface area contributed by atoms with Gasteiger partial charge in [-0.3, -0.25) is 0 Å². The van der Waals surface area contributed by atoms with E-state index < -0.39 is 0 Å². The molecule has 2 fully saturated rings. The van der Waals surface area contributed by atoms with Crippen LogP contribution in [0.5, 0.6) is 0 Å². The van der Waals surface area contributed by atoms with E-state index >= 15 is 0 Å². The number of benzene rings is 1. The lowest BCUT2D eigenvalue weighted by Crippen LogP contribution is -2.39. The van der Waals surface area contributed by atoms with Gasteiger partial charge in [-0.25, -0.2) is 0 Å². The maximum atomic E-state index is 10.4. The number of rotatable bonds is 8. The van der Waals surface area contributed by atoms with Gasteiger partial charge in [0.25, 0.3) is 0 Å². The van der Waals surface area contributed by atoms with Gasteiger partial charge in [-0.15, -0.1) is 0 Å². The van der Waals surface area contributed by atoms with Gasteiger partial charge in [0.05, 0.1) is 12.6 Å². The van der Waals surface area contributed by atoms with Crippen LogP contribution in [0.15, 0.2) is 46.9 Å². The Labute approximate surface area is 162 Å². The lowest BCUT2D eigenvalue weighted by atomic mass is 9.96. The average Bonchev–Trinajstić information content (AvgIpc) is 3.24. The highest BCUT2D eigenvalue weighted by Gasteiger charge is 2.36. The van der Waals surface area contributed by atoms with Gasteiger partial charge in [0.15, 0.2) is 0 Å². The minimum atomic E-state index is -0.386. The van der Waals surface area contributed by atoms with Crippen LogP contribution in [0, 0.1) is 11.8 Å². The Hall–Kier alpha value is -1.62. The van der Waals surface area contributed by atoms with Crippen LogP contribution in [-0.4, -0.2) is 36.2 Å². The van der Waals surface area contributed by atoms with Crippen LogP contribution in [0.4, 0.5) is 0 Å². The van der Waals surface area contributed by atoms with Crippen molar-refractivity contribution in [2.75, 3.05) is 26.2 Å². The second kappa shape index (κ2) is 8.59. The zero-order valence-corrected chi connectivity index (χ0v) is 16.3. The Balaban J connectivity index is 1.14. The van der Waals surface area contributed by atoms with Gasteiger partial charge in [0, 0.05) is 12.5 Å². The summed E-state index contributed by atoms with van der Waals surface area (Å²) in [5.74, 6) is 4.40. The van der Waals surface area contributed by atoms with Crippen LogP contribution >= 0.6 is 0 Å². The summed E-state index contributed by atoms with van der Waals surface area (Å²) in [6.07, 6.45) is 3.27. The SMILES string of the molecule is CC1CC1c1ccc(CNCC2CCN(CC(O)c3ccccc3)CC2)o1. The monoisotopic (exact) mass is 368 g/mol. The highest BCUT2D eigenvalue weighted by Crippen LogP contribution is 2.47. The molecule has 3 atom stereocenters. The number of aliphatic hydroxyl groups excluding tert-OH is 1. The number of aliphatic hydroxyl groups is 1. The predicted molar refractivity (Wildman–Crippen MR) is 108 cm³/mol. The van der Waals surface area contributed by atoms with Crippen LogP contribution < -0.4 is 5.32 Å². The van der Waals surface area contributed by atoms with Gasteiger partial charge in [0.1, 0.15) is 11.5 Å². The molecule has 0 amide bonds. The smallest absolute Gasteiger partial charge is 0.117 e. The Morgan fingerprint density at radius 2 is 1.89 bits per heavy atom. The number of hydrogen-bond acceptors (Lipinski definition) is 4. The highest BCUT2D eigenvalue weighted by molar-refractivity contribution is 5.18. The van der Waals surface area contributed by atoms with E-state index in [4.69, 9.17) is 4.42 Å². The van der Waals surface area contributed by atoms with Crippen molar-refractivity contribution in [2.45, 2.75) is 44.8 Å². The van der Waals surface area contributed by atoms with Crippen LogP contribution in [0.2, 0.25) is 0 Å². The van der Waals surface area contributed by atoms with E-state index in [1.54, 1.807) is 0 Å². The first-order valence-electron chi connectivity index (χ1n) is 10.4. The quantitative estimate of drug-likeness (QED) is 0.741. The van der Waals surface area contributed by atoms with Crippen LogP contribution in [0.3, 0.4) is 0 Å². The Morgan fingerprint density at radius 3 is 2.59 bits per heavy atom. The lowest BCUT2D eigenvalue weighted by molar-refractivity contribution is 0.0890. The second-order valence-corrected chi connectivity index (χ2v) is 8.42. The number of furan rings is 1. The van der Waals surface area contributed by atoms with Crippen LogP contribution in [0.1, 0.15) is 55.3 Å². The molecule has 4 rings (SSSR count). The molecule has 2 N–H and O–H groups in total. The predicted octanol–water partition coefficient (Wildman–Crippen LogP) is 3.94. The fourth-order valence-corrected chi connectivity index (χ4v) is 4.21.